The Labute approximate surface area is 167 Å². The van der Waals surface area contributed by atoms with Gasteiger partial charge in [-0.2, -0.15) is 13.8 Å². The fourth-order valence-electron chi connectivity index (χ4n) is 3.12. The summed E-state index contributed by atoms with van der Waals surface area (Å²) in [4.78, 5) is 20.5. The lowest BCUT2D eigenvalue weighted by atomic mass is 10.1. The lowest BCUT2D eigenvalue weighted by Gasteiger charge is -2.34. The van der Waals surface area contributed by atoms with E-state index in [1.54, 1.807) is 6.07 Å². The first-order valence-electron chi connectivity index (χ1n) is 9.34. The van der Waals surface area contributed by atoms with E-state index in [-0.39, 0.29) is 23.3 Å². The molecule has 1 saturated heterocycles. The van der Waals surface area contributed by atoms with Gasteiger partial charge in [-0.3, -0.25) is 9.69 Å². The average molecular weight is 410 g/mol. The molecule has 0 unspecified atom stereocenters. The normalized spacial score (nSPS) is 15.2. The van der Waals surface area contributed by atoms with Crippen molar-refractivity contribution in [2.75, 3.05) is 33.3 Å². The molecule has 2 aromatic rings. The van der Waals surface area contributed by atoms with E-state index in [1.165, 1.54) is 19.2 Å². The highest BCUT2D eigenvalue weighted by atomic mass is 19.3. The first kappa shape index (κ1) is 21.0. The van der Waals surface area contributed by atoms with E-state index in [0.717, 1.165) is 13.1 Å². The first-order valence-corrected chi connectivity index (χ1v) is 9.34. The summed E-state index contributed by atoms with van der Waals surface area (Å²) in [7, 11) is 1.36. The second-order valence-corrected chi connectivity index (χ2v) is 7.01. The third kappa shape index (κ3) is 5.20. The van der Waals surface area contributed by atoms with Gasteiger partial charge in [-0.05, 0) is 18.2 Å². The molecular weight excluding hydrogens is 386 g/mol. The Morgan fingerprint density at radius 1 is 1.21 bits per heavy atom. The van der Waals surface area contributed by atoms with Gasteiger partial charge in [0, 0.05) is 37.7 Å². The predicted octanol–water partition coefficient (Wildman–Crippen LogP) is 2.65. The van der Waals surface area contributed by atoms with Crippen LogP contribution in [0.1, 0.15) is 19.7 Å². The van der Waals surface area contributed by atoms with Gasteiger partial charge < -0.3 is 18.9 Å². The van der Waals surface area contributed by atoms with Crippen molar-refractivity contribution in [2.45, 2.75) is 27.0 Å². The molecule has 29 heavy (non-hydrogen) atoms. The molecule has 3 rings (SSSR count). The van der Waals surface area contributed by atoms with E-state index < -0.39 is 6.61 Å². The molecule has 158 valence electrons. The van der Waals surface area contributed by atoms with Crippen LogP contribution in [-0.4, -0.2) is 65.7 Å². The summed E-state index contributed by atoms with van der Waals surface area (Å²) < 4.78 is 39.7. The zero-order valence-electron chi connectivity index (χ0n) is 16.6. The molecule has 0 atom stereocenters. The van der Waals surface area contributed by atoms with Crippen LogP contribution in [-0.2, 0) is 11.3 Å². The Kier molecular flexibility index (Phi) is 6.63. The molecule has 1 aliphatic rings. The number of ether oxygens (including phenoxy) is 2. The number of hydrogen-bond donors (Lipinski definition) is 0. The molecule has 8 nitrogen and oxygen atoms in total. The SMILES string of the molecule is COc1cc(-c2noc(CN3CCN(C(=O)C(C)C)CC3)n2)ccc1OC(F)F. The predicted molar refractivity (Wildman–Crippen MR) is 99.6 cm³/mol. The minimum absolute atomic E-state index is 0.00507. The maximum atomic E-state index is 12.5. The highest BCUT2D eigenvalue weighted by molar-refractivity contribution is 5.78. The van der Waals surface area contributed by atoms with Crippen LogP contribution in [0.25, 0.3) is 11.4 Å². The number of amides is 1. The second kappa shape index (κ2) is 9.17. The van der Waals surface area contributed by atoms with Crippen LogP contribution in [0.2, 0.25) is 0 Å². The minimum Gasteiger partial charge on any atom is -0.493 e. The number of methoxy groups -OCH3 is 1. The van der Waals surface area contributed by atoms with E-state index in [9.17, 15) is 13.6 Å². The standard InChI is InChI=1S/C19H24F2N4O4/c1-12(2)18(26)25-8-6-24(7-9-25)11-16-22-17(23-29-16)13-4-5-14(28-19(20)21)15(10-13)27-3/h4-5,10,12,19H,6-9,11H2,1-3H3. The first-order chi connectivity index (χ1) is 13.9. The molecule has 1 amide bonds. The zero-order chi connectivity index (χ0) is 21.0. The lowest BCUT2D eigenvalue weighted by Crippen LogP contribution is -2.49. The molecule has 1 aromatic heterocycles. The molecule has 0 N–H and O–H groups in total. The van der Waals surface area contributed by atoms with Gasteiger partial charge in [0.25, 0.3) is 0 Å². The molecule has 0 aliphatic carbocycles. The molecule has 0 spiro atoms. The maximum Gasteiger partial charge on any atom is 0.387 e. The number of piperazine rings is 1. The number of halogens is 2. The smallest absolute Gasteiger partial charge is 0.387 e. The fourth-order valence-corrected chi connectivity index (χ4v) is 3.12. The summed E-state index contributed by atoms with van der Waals surface area (Å²) in [5, 5.41) is 3.96. The van der Waals surface area contributed by atoms with Crippen molar-refractivity contribution in [1.29, 1.82) is 0 Å². The largest absolute Gasteiger partial charge is 0.493 e. The lowest BCUT2D eigenvalue weighted by molar-refractivity contribution is -0.136. The van der Waals surface area contributed by atoms with E-state index in [4.69, 9.17) is 9.26 Å². The number of rotatable bonds is 7. The molecule has 1 aliphatic heterocycles. The Bertz CT molecular complexity index is 835. The number of nitrogens with zero attached hydrogens (tertiary/aromatic N) is 4. The summed E-state index contributed by atoms with van der Waals surface area (Å²) in [5.41, 5.74) is 0.561. The number of carbonyl (C=O) groups is 1. The van der Waals surface area contributed by atoms with Crippen molar-refractivity contribution >= 4 is 5.91 Å². The van der Waals surface area contributed by atoms with E-state index >= 15 is 0 Å². The van der Waals surface area contributed by atoms with Gasteiger partial charge in [-0.25, -0.2) is 0 Å². The summed E-state index contributed by atoms with van der Waals surface area (Å²) in [6.45, 7) is 4.11. The monoisotopic (exact) mass is 410 g/mol. The van der Waals surface area contributed by atoms with Crippen molar-refractivity contribution < 1.29 is 27.6 Å². The quantitative estimate of drug-likeness (QED) is 0.694. The van der Waals surface area contributed by atoms with Gasteiger partial charge >= 0.3 is 6.61 Å². The molecule has 1 aromatic carbocycles. The number of alkyl halides is 2. The second-order valence-electron chi connectivity index (χ2n) is 7.01. The van der Waals surface area contributed by atoms with Crippen molar-refractivity contribution in [1.82, 2.24) is 19.9 Å². The van der Waals surface area contributed by atoms with Crippen LogP contribution in [0, 0.1) is 5.92 Å². The van der Waals surface area contributed by atoms with Gasteiger partial charge in [-0.1, -0.05) is 19.0 Å². The van der Waals surface area contributed by atoms with Crippen LogP contribution in [0.5, 0.6) is 11.5 Å². The van der Waals surface area contributed by atoms with Gasteiger partial charge in [0.2, 0.25) is 17.6 Å². The summed E-state index contributed by atoms with van der Waals surface area (Å²) in [6, 6.07) is 4.45. The molecule has 10 heteroatoms. The maximum absolute atomic E-state index is 12.5. The average Bonchev–Trinajstić information content (AvgIpc) is 3.16. The summed E-state index contributed by atoms with van der Waals surface area (Å²) >= 11 is 0. The van der Waals surface area contributed by atoms with Gasteiger partial charge in [0.15, 0.2) is 11.5 Å². The van der Waals surface area contributed by atoms with Crippen LogP contribution in [0.15, 0.2) is 22.7 Å². The van der Waals surface area contributed by atoms with Gasteiger partial charge in [0.1, 0.15) is 0 Å². The Morgan fingerprint density at radius 2 is 1.93 bits per heavy atom. The van der Waals surface area contributed by atoms with E-state index in [1.807, 2.05) is 18.7 Å². The van der Waals surface area contributed by atoms with Crippen LogP contribution >= 0.6 is 0 Å². The van der Waals surface area contributed by atoms with Crippen molar-refractivity contribution in [2.24, 2.45) is 5.92 Å². The molecule has 0 bridgehead atoms. The van der Waals surface area contributed by atoms with E-state index in [2.05, 4.69) is 19.8 Å². The van der Waals surface area contributed by atoms with Crippen LogP contribution in [0.4, 0.5) is 8.78 Å². The number of benzene rings is 1. The third-order valence-electron chi connectivity index (χ3n) is 4.64. The van der Waals surface area contributed by atoms with Crippen LogP contribution < -0.4 is 9.47 Å². The van der Waals surface area contributed by atoms with Crippen molar-refractivity contribution in [3.63, 3.8) is 0 Å². The summed E-state index contributed by atoms with van der Waals surface area (Å²) in [5.74, 6) is 1.02. The molecule has 0 radical (unpaired) electrons. The Balaban J connectivity index is 1.62. The number of carbonyl (C=O) groups excluding carboxylic acids is 1. The minimum atomic E-state index is -2.94. The zero-order valence-corrected chi connectivity index (χ0v) is 16.6. The highest BCUT2D eigenvalue weighted by Crippen LogP contribution is 2.32. The van der Waals surface area contributed by atoms with Gasteiger partial charge in [-0.15, -0.1) is 0 Å². The molecule has 1 fully saturated rings. The molecular formula is C19H24F2N4O4. The number of aromatic nitrogens is 2. The Hall–Kier alpha value is -2.75. The Morgan fingerprint density at radius 3 is 2.55 bits per heavy atom. The third-order valence-corrected chi connectivity index (χ3v) is 4.64. The fraction of sp³-hybridized carbons (Fsp3) is 0.526. The highest BCUT2D eigenvalue weighted by Gasteiger charge is 2.24. The summed E-state index contributed by atoms with van der Waals surface area (Å²) in [6.07, 6.45) is 0. The van der Waals surface area contributed by atoms with Crippen LogP contribution in [0.3, 0.4) is 0 Å². The molecule has 2 heterocycles. The van der Waals surface area contributed by atoms with Crippen molar-refractivity contribution in [3.8, 4) is 22.9 Å². The van der Waals surface area contributed by atoms with Gasteiger partial charge in [0.05, 0.1) is 13.7 Å². The number of hydrogen-bond acceptors (Lipinski definition) is 7. The van der Waals surface area contributed by atoms with E-state index in [0.29, 0.717) is 36.9 Å². The molecule has 0 saturated carbocycles. The topological polar surface area (TPSA) is 80.9 Å². The van der Waals surface area contributed by atoms with Crippen molar-refractivity contribution in [3.05, 3.63) is 24.1 Å².